The standard InChI is InChI=1S/C17H18N4O3S/c1-10-13-16(24-3)20-12(9-23-2)21-17(13)25-14(10)15(22)19-8-11-5-4-6-18-7-11/h4-7H,8-9H2,1-3H3,(H,19,22). The number of aryl methyl sites for hydroxylation is 1. The Balaban J connectivity index is 1.90. The largest absolute Gasteiger partial charge is 0.480 e. The highest BCUT2D eigenvalue weighted by atomic mass is 32.1. The van der Waals surface area contributed by atoms with Crippen LogP contribution in [0.3, 0.4) is 0 Å². The van der Waals surface area contributed by atoms with E-state index in [1.165, 1.54) is 11.3 Å². The van der Waals surface area contributed by atoms with Gasteiger partial charge in [-0.15, -0.1) is 11.3 Å². The van der Waals surface area contributed by atoms with Gasteiger partial charge in [0, 0.05) is 26.0 Å². The third-order valence-corrected chi connectivity index (χ3v) is 4.84. The molecule has 0 radical (unpaired) electrons. The molecular weight excluding hydrogens is 340 g/mol. The molecule has 0 atom stereocenters. The summed E-state index contributed by atoms with van der Waals surface area (Å²) in [7, 11) is 3.13. The van der Waals surface area contributed by atoms with Crippen molar-refractivity contribution in [2.75, 3.05) is 14.2 Å². The highest BCUT2D eigenvalue weighted by molar-refractivity contribution is 7.20. The molecule has 7 nitrogen and oxygen atoms in total. The van der Waals surface area contributed by atoms with E-state index in [4.69, 9.17) is 9.47 Å². The molecule has 3 heterocycles. The summed E-state index contributed by atoms with van der Waals surface area (Å²) in [4.78, 5) is 26.7. The van der Waals surface area contributed by atoms with Gasteiger partial charge in [-0.05, 0) is 24.1 Å². The van der Waals surface area contributed by atoms with E-state index in [2.05, 4.69) is 20.3 Å². The Hall–Kier alpha value is -2.58. The van der Waals surface area contributed by atoms with Crippen LogP contribution in [0.1, 0.15) is 26.6 Å². The van der Waals surface area contributed by atoms with Gasteiger partial charge in [0.25, 0.3) is 5.91 Å². The number of carbonyl (C=O) groups is 1. The summed E-state index contributed by atoms with van der Waals surface area (Å²) in [5.74, 6) is 0.826. The third kappa shape index (κ3) is 3.59. The Morgan fingerprint density at radius 1 is 1.32 bits per heavy atom. The molecule has 0 aromatic carbocycles. The minimum atomic E-state index is -0.153. The lowest BCUT2D eigenvalue weighted by Gasteiger charge is -2.05. The first-order valence-electron chi connectivity index (χ1n) is 7.64. The maximum Gasteiger partial charge on any atom is 0.261 e. The van der Waals surface area contributed by atoms with Gasteiger partial charge in [-0.1, -0.05) is 6.07 Å². The van der Waals surface area contributed by atoms with Crippen LogP contribution in [0.2, 0.25) is 0 Å². The Bertz CT molecular complexity index is 896. The van der Waals surface area contributed by atoms with Gasteiger partial charge >= 0.3 is 0 Å². The summed E-state index contributed by atoms with van der Waals surface area (Å²) in [5.41, 5.74) is 1.75. The predicted molar refractivity (Wildman–Crippen MR) is 94.8 cm³/mol. The van der Waals surface area contributed by atoms with E-state index >= 15 is 0 Å². The number of thiophene rings is 1. The predicted octanol–water partition coefficient (Wildman–Crippen LogP) is 2.48. The van der Waals surface area contributed by atoms with Crippen molar-refractivity contribution in [3.05, 3.63) is 46.4 Å². The Morgan fingerprint density at radius 2 is 2.16 bits per heavy atom. The number of methoxy groups -OCH3 is 2. The molecule has 0 bridgehead atoms. The Morgan fingerprint density at radius 3 is 2.84 bits per heavy atom. The molecular formula is C17H18N4O3S. The topological polar surface area (TPSA) is 86.2 Å². The number of hydrogen-bond acceptors (Lipinski definition) is 7. The van der Waals surface area contributed by atoms with E-state index in [1.807, 2.05) is 19.1 Å². The van der Waals surface area contributed by atoms with E-state index in [0.717, 1.165) is 16.5 Å². The normalized spacial score (nSPS) is 10.8. The van der Waals surface area contributed by atoms with E-state index in [0.29, 0.717) is 28.0 Å². The van der Waals surface area contributed by atoms with Crippen LogP contribution >= 0.6 is 11.3 Å². The lowest BCUT2D eigenvalue weighted by atomic mass is 10.2. The number of carbonyl (C=O) groups excluding carboxylic acids is 1. The van der Waals surface area contributed by atoms with Crippen LogP contribution in [0.15, 0.2) is 24.5 Å². The monoisotopic (exact) mass is 358 g/mol. The number of rotatable bonds is 6. The van der Waals surface area contributed by atoms with Crippen LogP contribution in [0.25, 0.3) is 10.2 Å². The zero-order chi connectivity index (χ0) is 17.8. The van der Waals surface area contributed by atoms with E-state index in [-0.39, 0.29) is 12.5 Å². The number of amides is 1. The molecule has 1 amide bonds. The van der Waals surface area contributed by atoms with Crippen molar-refractivity contribution in [1.29, 1.82) is 0 Å². The summed E-state index contributed by atoms with van der Waals surface area (Å²) in [5, 5.41) is 3.67. The molecule has 0 saturated carbocycles. The molecule has 130 valence electrons. The molecule has 0 aliphatic carbocycles. The fourth-order valence-corrected chi connectivity index (χ4v) is 3.57. The summed E-state index contributed by atoms with van der Waals surface area (Å²) in [6, 6.07) is 3.75. The second-order valence-electron chi connectivity index (χ2n) is 5.36. The summed E-state index contributed by atoms with van der Waals surface area (Å²) in [6.07, 6.45) is 3.42. The zero-order valence-corrected chi connectivity index (χ0v) is 15.0. The molecule has 8 heteroatoms. The van der Waals surface area contributed by atoms with Crippen LogP contribution in [0.4, 0.5) is 0 Å². The van der Waals surface area contributed by atoms with Crippen molar-refractivity contribution in [3.8, 4) is 5.88 Å². The lowest BCUT2D eigenvalue weighted by molar-refractivity contribution is 0.0954. The number of nitrogens with one attached hydrogen (secondary N) is 1. The fourth-order valence-electron chi connectivity index (χ4n) is 2.47. The van der Waals surface area contributed by atoms with E-state index < -0.39 is 0 Å². The van der Waals surface area contributed by atoms with Crippen LogP contribution in [-0.2, 0) is 17.9 Å². The highest BCUT2D eigenvalue weighted by Crippen LogP contribution is 2.35. The zero-order valence-electron chi connectivity index (χ0n) is 14.2. The quantitative estimate of drug-likeness (QED) is 0.728. The molecule has 0 saturated heterocycles. The first kappa shape index (κ1) is 17.2. The van der Waals surface area contributed by atoms with Crippen LogP contribution < -0.4 is 10.1 Å². The molecule has 3 aromatic rings. The second kappa shape index (κ2) is 7.54. The minimum Gasteiger partial charge on any atom is -0.480 e. The molecule has 3 rings (SSSR count). The molecule has 1 N–H and O–H groups in total. The number of pyridine rings is 1. The van der Waals surface area contributed by atoms with Crippen LogP contribution in [0.5, 0.6) is 5.88 Å². The fraction of sp³-hybridized carbons (Fsp3) is 0.294. The van der Waals surface area contributed by atoms with Crippen molar-refractivity contribution < 1.29 is 14.3 Å². The highest BCUT2D eigenvalue weighted by Gasteiger charge is 2.21. The van der Waals surface area contributed by atoms with E-state index in [9.17, 15) is 4.79 Å². The molecule has 0 aliphatic heterocycles. The number of ether oxygens (including phenoxy) is 2. The third-order valence-electron chi connectivity index (χ3n) is 3.65. The molecule has 0 aliphatic rings. The maximum atomic E-state index is 12.6. The SMILES string of the molecule is COCc1nc(OC)c2c(C)c(C(=O)NCc3cccnc3)sc2n1. The second-order valence-corrected chi connectivity index (χ2v) is 6.36. The Kier molecular flexibility index (Phi) is 5.20. The molecule has 3 aromatic heterocycles. The van der Waals surface area contributed by atoms with Crippen molar-refractivity contribution in [1.82, 2.24) is 20.3 Å². The van der Waals surface area contributed by atoms with Crippen molar-refractivity contribution in [3.63, 3.8) is 0 Å². The number of hydrogen-bond donors (Lipinski definition) is 1. The minimum absolute atomic E-state index is 0.153. The summed E-state index contributed by atoms with van der Waals surface area (Å²) in [6.45, 7) is 2.57. The van der Waals surface area contributed by atoms with Gasteiger partial charge in [-0.25, -0.2) is 4.98 Å². The van der Waals surface area contributed by atoms with Gasteiger partial charge in [0.15, 0.2) is 5.82 Å². The van der Waals surface area contributed by atoms with Gasteiger partial charge < -0.3 is 14.8 Å². The van der Waals surface area contributed by atoms with Crippen molar-refractivity contribution in [2.45, 2.75) is 20.1 Å². The molecule has 0 fully saturated rings. The maximum absolute atomic E-state index is 12.6. The average molecular weight is 358 g/mol. The van der Waals surface area contributed by atoms with Gasteiger partial charge in [0.05, 0.1) is 17.4 Å². The van der Waals surface area contributed by atoms with Gasteiger partial charge in [0.1, 0.15) is 11.4 Å². The lowest BCUT2D eigenvalue weighted by Crippen LogP contribution is -2.22. The van der Waals surface area contributed by atoms with Crippen molar-refractivity contribution >= 4 is 27.5 Å². The first-order valence-corrected chi connectivity index (χ1v) is 8.45. The summed E-state index contributed by atoms with van der Waals surface area (Å²) >= 11 is 1.32. The van der Waals surface area contributed by atoms with Crippen molar-refractivity contribution in [2.24, 2.45) is 0 Å². The number of nitrogens with zero attached hydrogens (tertiary/aromatic N) is 3. The molecule has 0 spiro atoms. The number of fused-ring (bicyclic) bond motifs is 1. The van der Waals surface area contributed by atoms with Gasteiger partial charge in [-0.3, -0.25) is 9.78 Å². The smallest absolute Gasteiger partial charge is 0.261 e. The average Bonchev–Trinajstić information content (AvgIpc) is 2.97. The van der Waals surface area contributed by atoms with Gasteiger partial charge in [-0.2, -0.15) is 4.98 Å². The Labute approximate surface area is 149 Å². The summed E-state index contributed by atoms with van der Waals surface area (Å²) < 4.78 is 10.5. The van der Waals surface area contributed by atoms with Crippen LogP contribution in [-0.4, -0.2) is 35.1 Å². The van der Waals surface area contributed by atoms with Crippen LogP contribution in [0, 0.1) is 6.92 Å². The number of aromatic nitrogens is 3. The van der Waals surface area contributed by atoms with Gasteiger partial charge in [0.2, 0.25) is 5.88 Å². The van der Waals surface area contributed by atoms with E-state index in [1.54, 1.807) is 26.6 Å². The molecule has 0 unspecified atom stereocenters. The molecule has 25 heavy (non-hydrogen) atoms. The first-order chi connectivity index (χ1) is 12.1.